The predicted octanol–water partition coefficient (Wildman–Crippen LogP) is 1.70. The summed E-state index contributed by atoms with van der Waals surface area (Å²) in [5.41, 5.74) is 1.50. The van der Waals surface area contributed by atoms with Crippen molar-refractivity contribution >= 4 is 11.8 Å². The second-order valence-corrected chi connectivity index (χ2v) is 6.77. The van der Waals surface area contributed by atoms with E-state index in [9.17, 15) is 9.59 Å². The average molecular weight is 369 g/mol. The molecule has 4 rings (SSSR count). The van der Waals surface area contributed by atoms with E-state index in [2.05, 4.69) is 4.98 Å². The van der Waals surface area contributed by atoms with E-state index >= 15 is 0 Å². The lowest BCUT2D eigenvalue weighted by molar-refractivity contribution is -0.130. The van der Waals surface area contributed by atoms with Crippen LogP contribution in [0.2, 0.25) is 0 Å². The van der Waals surface area contributed by atoms with Crippen LogP contribution in [-0.4, -0.2) is 66.0 Å². The summed E-state index contributed by atoms with van der Waals surface area (Å²) in [6.45, 7) is 3.50. The zero-order valence-electron chi connectivity index (χ0n) is 15.1. The number of carbonyl (C=O) groups is 2. The number of aromatic amines is 1. The Hall–Kier alpha value is -2.96. The molecule has 1 N–H and O–H groups in total. The molecule has 0 spiro atoms. The molecule has 7 heteroatoms. The van der Waals surface area contributed by atoms with Gasteiger partial charge in [-0.2, -0.15) is 0 Å². The number of ether oxygens (including phenoxy) is 2. The van der Waals surface area contributed by atoms with Crippen LogP contribution in [0.3, 0.4) is 0 Å². The maximum atomic E-state index is 12.7. The number of hydrogen-bond donors (Lipinski definition) is 1. The molecule has 1 aromatic carbocycles. The highest BCUT2D eigenvalue weighted by Crippen LogP contribution is 2.31. The minimum absolute atomic E-state index is 0.0128. The van der Waals surface area contributed by atoms with Gasteiger partial charge >= 0.3 is 0 Å². The van der Waals surface area contributed by atoms with Crippen molar-refractivity contribution in [3.8, 4) is 11.5 Å². The molecule has 0 saturated carbocycles. The monoisotopic (exact) mass is 369 g/mol. The average Bonchev–Trinajstić information content (AvgIpc) is 3.11. The van der Waals surface area contributed by atoms with Crippen LogP contribution in [0, 0.1) is 0 Å². The predicted molar refractivity (Wildman–Crippen MR) is 99.0 cm³/mol. The molecule has 2 amide bonds. The van der Waals surface area contributed by atoms with Crippen molar-refractivity contribution in [2.45, 2.75) is 12.8 Å². The molecule has 0 unspecified atom stereocenters. The fourth-order valence-electron chi connectivity index (χ4n) is 3.49. The summed E-state index contributed by atoms with van der Waals surface area (Å²) < 4.78 is 11.1. The van der Waals surface area contributed by atoms with E-state index in [4.69, 9.17) is 9.47 Å². The second-order valence-electron chi connectivity index (χ2n) is 6.77. The molecule has 7 nitrogen and oxygen atoms in total. The molecule has 0 aliphatic carbocycles. The molecule has 2 aromatic rings. The van der Waals surface area contributed by atoms with E-state index < -0.39 is 0 Å². The van der Waals surface area contributed by atoms with Gasteiger partial charge in [0.05, 0.1) is 6.42 Å². The van der Waals surface area contributed by atoms with Crippen LogP contribution in [0.25, 0.3) is 0 Å². The number of nitrogens with one attached hydrogen (secondary N) is 1. The molecule has 0 bridgehead atoms. The summed E-state index contributed by atoms with van der Waals surface area (Å²) >= 11 is 0. The van der Waals surface area contributed by atoms with E-state index in [1.165, 1.54) is 0 Å². The molecule has 1 fully saturated rings. The van der Waals surface area contributed by atoms with Crippen LogP contribution in [-0.2, 0) is 11.2 Å². The lowest BCUT2D eigenvalue weighted by Crippen LogP contribution is -2.38. The highest BCUT2D eigenvalue weighted by Gasteiger charge is 2.23. The number of benzene rings is 1. The minimum atomic E-state index is -0.0128. The lowest BCUT2D eigenvalue weighted by Gasteiger charge is -2.22. The van der Waals surface area contributed by atoms with Crippen molar-refractivity contribution in [1.82, 2.24) is 14.8 Å². The number of H-pyrrole nitrogens is 1. The van der Waals surface area contributed by atoms with Crippen LogP contribution in [0.1, 0.15) is 22.5 Å². The standard InChI is InChI=1S/C20H23N3O4/c24-19(14-15-4-5-17-18(13-15)27-12-11-26-17)22-7-2-8-23(10-9-22)20(25)16-3-1-6-21-16/h1,3-6,13,21H,2,7-12,14H2. The van der Waals surface area contributed by atoms with E-state index in [1.54, 1.807) is 12.3 Å². The number of carbonyl (C=O) groups excluding carboxylic acids is 2. The Morgan fingerprint density at radius 1 is 0.963 bits per heavy atom. The van der Waals surface area contributed by atoms with Crippen molar-refractivity contribution in [1.29, 1.82) is 0 Å². The zero-order valence-corrected chi connectivity index (χ0v) is 15.1. The fraction of sp³-hybridized carbons (Fsp3) is 0.400. The fourth-order valence-corrected chi connectivity index (χ4v) is 3.49. The Bertz CT molecular complexity index is 819. The first-order chi connectivity index (χ1) is 13.2. The molecule has 142 valence electrons. The van der Waals surface area contributed by atoms with Crippen LogP contribution in [0.4, 0.5) is 0 Å². The van der Waals surface area contributed by atoms with Gasteiger partial charge in [-0.25, -0.2) is 0 Å². The van der Waals surface area contributed by atoms with E-state index in [0.717, 1.165) is 17.7 Å². The first-order valence-corrected chi connectivity index (χ1v) is 9.30. The van der Waals surface area contributed by atoms with Crippen molar-refractivity contribution in [2.24, 2.45) is 0 Å². The van der Waals surface area contributed by atoms with Crippen LogP contribution in [0.5, 0.6) is 11.5 Å². The summed E-state index contributed by atoms with van der Waals surface area (Å²) in [5, 5.41) is 0. The summed E-state index contributed by atoms with van der Waals surface area (Å²) in [6, 6.07) is 9.23. The Labute approximate surface area is 157 Å². The van der Waals surface area contributed by atoms with Gasteiger partial charge in [0, 0.05) is 32.4 Å². The number of aromatic nitrogens is 1. The Balaban J connectivity index is 1.36. The third-order valence-electron chi connectivity index (χ3n) is 4.93. The third kappa shape index (κ3) is 3.92. The van der Waals surface area contributed by atoms with Crippen LogP contribution < -0.4 is 9.47 Å². The maximum Gasteiger partial charge on any atom is 0.270 e. The third-order valence-corrected chi connectivity index (χ3v) is 4.93. The first kappa shape index (κ1) is 17.5. The normalized spacial score (nSPS) is 16.7. The van der Waals surface area contributed by atoms with Gasteiger partial charge in [-0.15, -0.1) is 0 Å². The summed E-state index contributed by atoms with van der Waals surface area (Å²) in [6.07, 6.45) is 2.84. The van der Waals surface area contributed by atoms with Gasteiger partial charge in [0.2, 0.25) is 5.91 Å². The van der Waals surface area contributed by atoms with Crippen molar-refractivity contribution in [3.05, 3.63) is 47.8 Å². The first-order valence-electron chi connectivity index (χ1n) is 9.30. The molecule has 2 aliphatic rings. The zero-order chi connectivity index (χ0) is 18.6. The van der Waals surface area contributed by atoms with E-state index in [1.807, 2.05) is 34.1 Å². The topological polar surface area (TPSA) is 74.9 Å². The van der Waals surface area contributed by atoms with Gasteiger partial charge in [0.1, 0.15) is 18.9 Å². The molecule has 0 radical (unpaired) electrons. The smallest absolute Gasteiger partial charge is 0.270 e. The number of hydrogen-bond acceptors (Lipinski definition) is 4. The highest BCUT2D eigenvalue weighted by molar-refractivity contribution is 5.92. The summed E-state index contributed by atoms with van der Waals surface area (Å²) in [4.78, 5) is 31.8. The molecule has 1 aromatic heterocycles. The largest absolute Gasteiger partial charge is 0.486 e. The van der Waals surface area contributed by atoms with Crippen molar-refractivity contribution < 1.29 is 19.1 Å². The van der Waals surface area contributed by atoms with Gasteiger partial charge in [0.25, 0.3) is 5.91 Å². The Kier molecular flexibility index (Phi) is 5.00. The maximum absolute atomic E-state index is 12.7. The molecule has 27 heavy (non-hydrogen) atoms. The number of fused-ring (bicyclic) bond motifs is 1. The van der Waals surface area contributed by atoms with Crippen LogP contribution >= 0.6 is 0 Å². The number of rotatable bonds is 3. The SMILES string of the molecule is O=C(Cc1ccc2c(c1)OCCO2)N1CCCN(C(=O)c2ccc[nH]2)CC1. The van der Waals surface area contributed by atoms with E-state index in [-0.39, 0.29) is 11.8 Å². The second kappa shape index (κ2) is 7.73. The quantitative estimate of drug-likeness (QED) is 0.894. The molecular formula is C20H23N3O4. The van der Waals surface area contributed by atoms with Gasteiger partial charge < -0.3 is 24.3 Å². The van der Waals surface area contributed by atoms with E-state index in [0.29, 0.717) is 57.3 Å². The Morgan fingerprint density at radius 2 is 1.74 bits per heavy atom. The van der Waals surface area contributed by atoms with Crippen molar-refractivity contribution in [2.75, 3.05) is 39.4 Å². The Morgan fingerprint density at radius 3 is 2.56 bits per heavy atom. The summed E-state index contributed by atoms with van der Waals surface area (Å²) in [5.74, 6) is 1.48. The number of amides is 2. The van der Waals surface area contributed by atoms with Gasteiger partial charge in [-0.3, -0.25) is 9.59 Å². The van der Waals surface area contributed by atoms with Crippen LogP contribution in [0.15, 0.2) is 36.5 Å². The van der Waals surface area contributed by atoms with Gasteiger partial charge in [-0.05, 0) is 36.2 Å². The molecule has 2 aliphatic heterocycles. The summed E-state index contributed by atoms with van der Waals surface area (Å²) in [7, 11) is 0. The lowest BCUT2D eigenvalue weighted by atomic mass is 10.1. The number of nitrogens with zero attached hydrogens (tertiary/aromatic N) is 2. The molecule has 3 heterocycles. The molecule has 1 saturated heterocycles. The van der Waals surface area contributed by atoms with Crippen molar-refractivity contribution in [3.63, 3.8) is 0 Å². The molecule has 0 atom stereocenters. The highest BCUT2D eigenvalue weighted by atomic mass is 16.6. The molecular weight excluding hydrogens is 346 g/mol. The van der Waals surface area contributed by atoms with Gasteiger partial charge in [0.15, 0.2) is 11.5 Å². The minimum Gasteiger partial charge on any atom is -0.486 e. The van der Waals surface area contributed by atoms with Gasteiger partial charge in [-0.1, -0.05) is 6.07 Å².